The van der Waals surface area contributed by atoms with E-state index >= 15 is 0 Å². The van der Waals surface area contributed by atoms with Gasteiger partial charge in [-0.3, -0.25) is 9.78 Å². The summed E-state index contributed by atoms with van der Waals surface area (Å²) in [5, 5.41) is 0. The Labute approximate surface area is 89.2 Å². The van der Waals surface area contributed by atoms with E-state index in [1.54, 1.807) is 0 Å². The van der Waals surface area contributed by atoms with Crippen molar-refractivity contribution < 1.29 is 22.7 Å². The van der Waals surface area contributed by atoms with Crippen LogP contribution in [0.15, 0.2) is 18.3 Å². The van der Waals surface area contributed by atoms with Gasteiger partial charge in [0, 0.05) is 12.3 Å². The number of ether oxygens (including phenoxy) is 1. The molecule has 0 bridgehead atoms. The first kappa shape index (κ1) is 12.3. The minimum atomic E-state index is -4.46. The van der Waals surface area contributed by atoms with Crippen molar-refractivity contribution in [3.8, 4) is 5.75 Å². The summed E-state index contributed by atoms with van der Waals surface area (Å²) in [5.41, 5.74) is 4.77. The number of aromatic nitrogens is 1. The third-order valence-corrected chi connectivity index (χ3v) is 1.76. The largest absolute Gasteiger partial charge is 0.481 e. The summed E-state index contributed by atoms with van der Waals surface area (Å²) in [7, 11) is 0. The van der Waals surface area contributed by atoms with Crippen molar-refractivity contribution >= 4 is 5.91 Å². The van der Waals surface area contributed by atoms with Gasteiger partial charge in [-0.05, 0) is 13.0 Å². The first-order chi connectivity index (χ1) is 7.30. The van der Waals surface area contributed by atoms with Crippen LogP contribution in [0.25, 0.3) is 0 Å². The number of halogens is 3. The van der Waals surface area contributed by atoms with Gasteiger partial charge < -0.3 is 10.5 Å². The fourth-order valence-electron chi connectivity index (χ4n) is 0.890. The maximum atomic E-state index is 12.2. The third kappa shape index (κ3) is 3.11. The van der Waals surface area contributed by atoms with Gasteiger partial charge in [-0.25, -0.2) is 0 Å². The lowest BCUT2D eigenvalue weighted by atomic mass is 10.3. The molecule has 0 saturated heterocycles. The quantitative estimate of drug-likeness (QED) is 0.862. The number of amides is 1. The number of hydrogen-bond acceptors (Lipinski definition) is 3. The van der Waals surface area contributed by atoms with Crippen molar-refractivity contribution in [3.05, 3.63) is 24.0 Å². The second-order valence-electron chi connectivity index (χ2n) is 3.04. The zero-order valence-electron chi connectivity index (χ0n) is 8.28. The number of carbonyl (C=O) groups excluding carboxylic acids is 1. The van der Waals surface area contributed by atoms with Crippen LogP contribution in [0.1, 0.15) is 17.4 Å². The van der Waals surface area contributed by atoms with Crippen molar-refractivity contribution in [1.82, 2.24) is 4.98 Å². The number of primary amides is 1. The van der Waals surface area contributed by atoms with Crippen LogP contribution in [0.2, 0.25) is 0 Å². The molecule has 0 fully saturated rings. The monoisotopic (exact) mass is 234 g/mol. The van der Waals surface area contributed by atoms with Crippen molar-refractivity contribution in [2.45, 2.75) is 19.2 Å². The highest BCUT2D eigenvalue weighted by Gasteiger charge is 2.38. The molecule has 0 saturated carbocycles. The molecular formula is C9H9F3N2O2. The van der Waals surface area contributed by atoms with Crippen LogP contribution in [-0.4, -0.2) is 23.2 Å². The molecule has 0 spiro atoms. The molecule has 0 aliphatic heterocycles. The first-order valence-corrected chi connectivity index (χ1v) is 4.30. The lowest BCUT2D eigenvalue weighted by molar-refractivity contribution is -0.189. The Morgan fingerprint density at radius 1 is 1.56 bits per heavy atom. The van der Waals surface area contributed by atoms with E-state index in [4.69, 9.17) is 5.73 Å². The maximum Gasteiger partial charge on any atom is 0.425 e. The van der Waals surface area contributed by atoms with Crippen molar-refractivity contribution in [1.29, 1.82) is 0 Å². The van der Waals surface area contributed by atoms with E-state index in [1.165, 1.54) is 6.07 Å². The summed E-state index contributed by atoms with van der Waals surface area (Å²) < 4.78 is 41.1. The van der Waals surface area contributed by atoms with E-state index in [-0.39, 0.29) is 11.4 Å². The number of alkyl halides is 3. The smallest absolute Gasteiger partial charge is 0.425 e. The normalized spacial score (nSPS) is 13.2. The van der Waals surface area contributed by atoms with Crippen LogP contribution in [0.4, 0.5) is 13.2 Å². The van der Waals surface area contributed by atoms with Crippen molar-refractivity contribution in [2.75, 3.05) is 0 Å². The Hall–Kier alpha value is -1.79. The highest BCUT2D eigenvalue weighted by molar-refractivity contribution is 5.91. The maximum absolute atomic E-state index is 12.2. The standard InChI is InChI=1S/C9H9F3N2O2/c1-5(9(10,11)12)16-6-2-3-14-7(4-6)8(13)15/h2-5H,1H3,(H2,13,15). The number of hydrogen-bond donors (Lipinski definition) is 1. The first-order valence-electron chi connectivity index (χ1n) is 4.30. The number of pyridine rings is 1. The molecule has 1 heterocycles. The van der Waals surface area contributed by atoms with Gasteiger partial charge in [-0.1, -0.05) is 0 Å². The molecule has 0 aliphatic carbocycles. The number of carbonyl (C=O) groups is 1. The molecule has 2 N–H and O–H groups in total. The molecule has 1 atom stereocenters. The van der Waals surface area contributed by atoms with Crippen molar-refractivity contribution in [2.24, 2.45) is 5.73 Å². The minimum Gasteiger partial charge on any atom is -0.481 e. The Kier molecular flexibility index (Phi) is 3.36. The molecule has 88 valence electrons. The van der Waals surface area contributed by atoms with Gasteiger partial charge >= 0.3 is 6.18 Å². The highest BCUT2D eigenvalue weighted by Crippen LogP contribution is 2.24. The Bertz CT molecular complexity index is 393. The summed E-state index contributed by atoms with van der Waals surface area (Å²) in [6, 6.07) is 2.28. The molecule has 4 nitrogen and oxygen atoms in total. The van der Waals surface area contributed by atoms with E-state index in [1.807, 2.05) is 0 Å². The molecule has 1 amide bonds. The molecule has 1 rings (SSSR count). The third-order valence-electron chi connectivity index (χ3n) is 1.76. The Balaban J connectivity index is 2.82. The lowest BCUT2D eigenvalue weighted by Crippen LogP contribution is -2.31. The van der Waals surface area contributed by atoms with Gasteiger partial charge in [0.25, 0.3) is 5.91 Å². The molecular weight excluding hydrogens is 225 g/mol. The highest BCUT2D eigenvalue weighted by atomic mass is 19.4. The molecule has 7 heteroatoms. The molecule has 16 heavy (non-hydrogen) atoms. The minimum absolute atomic E-state index is 0.103. The number of rotatable bonds is 3. The predicted molar refractivity (Wildman–Crippen MR) is 48.9 cm³/mol. The summed E-state index contributed by atoms with van der Waals surface area (Å²) in [5.74, 6) is -0.932. The topological polar surface area (TPSA) is 65.2 Å². The fraction of sp³-hybridized carbons (Fsp3) is 0.333. The summed E-state index contributed by atoms with van der Waals surface area (Å²) in [6.45, 7) is 0.865. The zero-order chi connectivity index (χ0) is 12.3. The van der Waals surface area contributed by atoms with Crippen LogP contribution in [0, 0.1) is 0 Å². The molecule has 1 aromatic heterocycles. The van der Waals surface area contributed by atoms with Crippen LogP contribution >= 0.6 is 0 Å². The van der Waals surface area contributed by atoms with Gasteiger partial charge in [-0.15, -0.1) is 0 Å². The molecule has 0 aromatic carbocycles. The van der Waals surface area contributed by atoms with Gasteiger partial charge in [-0.2, -0.15) is 13.2 Å². The molecule has 0 radical (unpaired) electrons. The summed E-state index contributed by atoms with van der Waals surface area (Å²) >= 11 is 0. The van der Waals surface area contributed by atoms with Gasteiger partial charge in [0.2, 0.25) is 0 Å². The van der Waals surface area contributed by atoms with Gasteiger partial charge in [0.1, 0.15) is 11.4 Å². The van der Waals surface area contributed by atoms with Crippen molar-refractivity contribution in [3.63, 3.8) is 0 Å². The van der Waals surface area contributed by atoms with Gasteiger partial charge in [0.05, 0.1) is 0 Å². The fourth-order valence-corrected chi connectivity index (χ4v) is 0.890. The van der Waals surface area contributed by atoms with Crippen LogP contribution in [0.3, 0.4) is 0 Å². The van der Waals surface area contributed by atoms with E-state index in [0.717, 1.165) is 19.2 Å². The van der Waals surface area contributed by atoms with E-state index in [9.17, 15) is 18.0 Å². The molecule has 1 unspecified atom stereocenters. The summed E-state index contributed by atoms with van der Waals surface area (Å²) in [4.78, 5) is 14.3. The Morgan fingerprint density at radius 2 is 2.19 bits per heavy atom. The number of nitrogens with zero attached hydrogens (tertiary/aromatic N) is 1. The van der Waals surface area contributed by atoms with Crippen LogP contribution in [0.5, 0.6) is 5.75 Å². The second kappa shape index (κ2) is 4.38. The SMILES string of the molecule is CC(Oc1ccnc(C(N)=O)c1)C(F)(F)F. The average Bonchev–Trinajstić information content (AvgIpc) is 2.16. The second-order valence-corrected chi connectivity index (χ2v) is 3.04. The van der Waals surface area contributed by atoms with Crippen LogP contribution in [-0.2, 0) is 0 Å². The lowest BCUT2D eigenvalue weighted by Gasteiger charge is -2.17. The van der Waals surface area contributed by atoms with Gasteiger partial charge in [0.15, 0.2) is 6.10 Å². The van der Waals surface area contributed by atoms with E-state index < -0.39 is 18.2 Å². The van der Waals surface area contributed by atoms with E-state index in [2.05, 4.69) is 9.72 Å². The molecule has 0 aliphatic rings. The number of nitrogens with two attached hydrogens (primary N) is 1. The zero-order valence-corrected chi connectivity index (χ0v) is 8.28. The van der Waals surface area contributed by atoms with Crippen LogP contribution < -0.4 is 10.5 Å². The average molecular weight is 234 g/mol. The van der Waals surface area contributed by atoms with E-state index in [0.29, 0.717) is 0 Å². The molecule has 1 aromatic rings. The Morgan fingerprint density at radius 3 is 2.69 bits per heavy atom. The summed E-state index contributed by atoms with van der Waals surface area (Å²) in [6.07, 6.45) is -5.27. The predicted octanol–water partition coefficient (Wildman–Crippen LogP) is 1.51.